The fourth-order valence-corrected chi connectivity index (χ4v) is 7.43. The lowest BCUT2D eigenvalue weighted by Crippen LogP contribution is -2.59. The molecule has 4 rings (SSSR count). The molecule has 2 fully saturated rings. The third-order valence-electron chi connectivity index (χ3n) is 9.13. The van der Waals surface area contributed by atoms with Gasteiger partial charge < -0.3 is 19.9 Å². The van der Waals surface area contributed by atoms with Gasteiger partial charge in [-0.1, -0.05) is 62.9 Å². The van der Waals surface area contributed by atoms with Crippen LogP contribution in [0.1, 0.15) is 52.5 Å². The molecule has 0 radical (unpaired) electrons. The Morgan fingerprint density at radius 1 is 1.21 bits per heavy atom. The van der Waals surface area contributed by atoms with E-state index in [4.69, 9.17) is 9.47 Å². The Bertz CT molecular complexity index is 1110. The molecule has 0 unspecified atom stereocenters. The normalized spacial score (nSPS) is 40.4. The summed E-state index contributed by atoms with van der Waals surface area (Å²) in [6, 6.07) is 9.57. The molecule has 1 saturated heterocycles. The third-order valence-corrected chi connectivity index (χ3v) is 9.13. The standard InChI is InChI=1S/C31H41NO6/c1-18-11-10-14-23-28(35)20(3)19(2)27-24(15-22-12-8-7-9-13-22)32-29(36)31(23,27)25(34)16-26(37-6)30(5,17-18)38-21(4)33/h7-10,12-14,18-19,23-24,26-28,35H,3,11,15-17H2,1-2,4-6H3,(H,32,36)/b14-10+/t18-,19+,23-,24-,26+,27-,28+,30-,31+/m0/s1. The number of benzene rings is 1. The minimum atomic E-state index is -1.50. The number of amides is 1. The van der Waals surface area contributed by atoms with Crippen molar-refractivity contribution in [2.45, 2.75) is 77.2 Å². The van der Waals surface area contributed by atoms with E-state index in [-0.39, 0.29) is 36.0 Å². The number of aliphatic hydroxyl groups is 1. The molecule has 1 aromatic carbocycles. The lowest BCUT2D eigenvalue weighted by Gasteiger charge is -2.49. The molecular weight excluding hydrogens is 482 g/mol. The van der Waals surface area contributed by atoms with Gasteiger partial charge in [0.15, 0.2) is 5.78 Å². The number of hydrogen-bond acceptors (Lipinski definition) is 6. The number of hydrogen-bond donors (Lipinski definition) is 2. The number of ketones is 1. The molecule has 1 amide bonds. The van der Waals surface area contributed by atoms with Crippen molar-refractivity contribution >= 4 is 17.7 Å². The van der Waals surface area contributed by atoms with E-state index < -0.39 is 41.0 Å². The summed E-state index contributed by atoms with van der Waals surface area (Å²) in [6.07, 6.45) is 3.56. The molecule has 7 heteroatoms. The maximum atomic E-state index is 14.6. The number of carbonyl (C=O) groups is 3. The van der Waals surface area contributed by atoms with Crippen molar-refractivity contribution in [3.05, 3.63) is 60.2 Å². The van der Waals surface area contributed by atoms with Gasteiger partial charge in [0.1, 0.15) is 17.1 Å². The lowest BCUT2D eigenvalue weighted by atomic mass is 9.51. The van der Waals surface area contributed by atoms with Gasteiger partial charge in [-0.25, -0.2) is 0 Å². The maximum Gasteiger partial charge on any atom is 0.303 e. The Kier molecular flexibility index (Phi) is 8.01. The third kappa shape index (κ3) is 4.75. The highest BCUT2D eigenvalue weighted by atomic mass is 16.6. The van der Waals surface area contributed by atoms with Crippen molar-refractivity contribution < 1.29 is 29.0 Å². The fourth-order valence-electron chi connectivity index (χ4n) is 7.43. The average Bonchev–Trinajstić information content (AvgIpc) is 3.14. The van der Waals surface area contributed by atoms with Crippen LogP contribution in [0.5, 0.6) is 0 Å². The summed E-state index contributed by atoms with van der Waals surface area (Å²) in [5.41, 5.74) is -0.867. The predicted molar refractivity (Wildman–Crippen MR) is 144 cm³/mol. The van der Waals surface area contributed by atoms with E-state index in [0.29, 0.717) is 24.8 Å². The summed E-state index contributed by atoms with van der Waals surface area (Å²) in [7, 11) is 1.50. The van der Waals surface area contributed by atoms with Crippen LogP contribution in [-0.4, -0.2) is 53.7 Å². The summed E-state index contributed by atoms with van der Waals surface area (Å²) in [4.78, 5) is 40.7. The average molecular weight is 524 g/mol. The van der Waals surface area contributed by atoms with Crippen LogP contribution in [0.25, 0.3) is 0 Å². The van der Waals surface area contributed by atoms with E-state index >= 15 is 0 Å². The second-order valence-corrected chi connectivity index (χ2v) is 11.7. The number of carbonyl (C=O) groups excluding carboxylic acids is 3. The van der Waals surface area contributed by atoms with Crippen molar-refractivity contribution in [2.75, 3.05) is 7.11 Å². The molecular formula is C31H41NO6. The van der Waals surface area contributed by atoms with Crippen LogP contribution in [0, 0.1) is 29.1 Å². The van der Waals surface area contributed by atoms with Gasteiger partial charge in [-0.15, -0.1) is 0 Å². The Hall–Kier alpha value is -2.77. The van der Waals surface area contributed by atoms with Crippen LogP contribution >= 0.6 is 0 Å². The lowest BCUT2D eigenvalue weighted by molar-refractivity contribution is -0.178. The van der Waals surface area contributed by atoms with Gasteiger partial charge in [-0.05, 0) is 49.2 Å². The van der Waals surface area contributed by atoms with E-state index in [1.165, 1.54) is 14.0 Å². The molecule has 9 atom stereocenters. The van der Waals surface area contributed by atoms with Crippen LogP contribution in [0.3, 0.4) is 0 Å². The molecule has 2 N–H and O–H groups in total. The van der Waals surface area contributed by atoms with Crippen LogP contribution in [0.15, 0.2) is 54.6 Å². The molecule has 1 heterocycles. The van der Waals surface area contributed by atoms with Crippen LogP contribution in [0.4, 0.5) is 0 Å². The number of rotatable bonds is 4. The first-order valence-corrected chi connectivity index (χ1v) is 13.6. The zero-order chi connectivity index (χ0) is 27.8. The predicted octanol–water partition coefficient (Wildman–Crippen LogP) is 3.80. The highest BCUT2D eigenvalue weighted by Crippen LogP contribution is 2.57. The van der Waals surface area contributed by atoms with Gasteiger partial charge in [0.25, 0.3) is 0 Å². The molecule has 1 aliphatic heterocycles. The molecule has 2 aliphatic carbocycles. The molecule has 1 aromatic rings. The van der Waals surface area contributed by atoms with E-state index in [2.05, 4.69) is 11.9 Å². The minimum absolute atomic E-state index is 0.0966. The van der Waals surface area contributed by atoms with Crippen LogP contribution in [0.2, 0.25) is 0 Å². The van der Waals surface area contributed by atoms with Crippen molar-refractivity contribution in [1.29, 1.82) is 0 Å². The maximum absolute atomic E-state index is 14.6. The number of allylic oxidation sites excluding steroid dienone is 1. The van der Waals surface area contributed by atoms with Crippen LogP contribution in [-0.2, 0) is 30.3 Å². The Morgan fingerprint density at radius 3 is 2.53 bits per heavy atom. The van der Waals surface area contributed by atoms with Gasteiger partial charge in [-0.2, -0.15) is 0 Å². The van der Waals surface area contributed by atoms with Crippen molar-refractivity contribution in [3.63, 3.8) is 0 Å². The van der Waals surface area contributed by atoms with E-state index in [1.807, 2.05) is 56.3 Å². The quantitative estimate of drug-likeness (QED) is 0.354. The first-order chi connectivity index (χ1) is 18.0. The first kappa shape index (κ1) is 28.2. The topological polar surface area (TPSA) is 102 Å². The second-order valence-electron chi connectivity index (χ2n) is 11.7. The molecule has 0 aromatic heterocycles. The molecule has 1 spiro atoms. The molecule has 7 nitrogen and oxygen atoms in total. The zero-order valence-corrected chi connectivity index (χ0v) is 23.1. The summed E-state index contributed by atoms with van der Waals surface area (Å²) >= 11 is 0. The summed E-state index contributed by atoms with van der Waals surface area (Å²) < 4.78 is 11.6. The van der Waals surface area contributed by atoms with Gasteiger partial charge >= 0.3 is 5.97 Å². The van der Waals surface area contributed by atoms with Gasteiger partial charge in [-0.3, -0.25) is 14.4 Å². The summed E-state index contributed by atoms with van der Waals surface area (Å²) in [5, 5.41) is 14.6. The Morgan fingerprint density at radius 2 is 1.89 bits per heavy atom. The monoisotopic (exact) mass is 523 g/mol. The molecule has 1 saturated carbocycles. The van der Waals surface area contributed by atoms with E-state index in [0.717, 1.165) is 5.56 Å². The van der Waals surface area contributed by atoms with Gasteiger partial charge in [0, 0.05) is 38.3 Å². The van der Waals surface area contributed by atoms with E-state index in [9.17, 15) is 19.5 Å². The summed E-state index contributed by atoms with van der Waals surface area (Å²) in [5.74, 6) is -2.47. The number of methoxy groups -OCH3 is 1. The largest absolute Gasteiger partial charge is 0.457 e. The first-order valence-electron chi connectivity index (χ1n) is 13.6. The Balaban J connectivity index is 1.86. The fraction of sp³-hybridized carbons (Fsp3) is 0.581. The van der Waals surface area contributed by atoms with Gasteiger partial charge in [0.05, 0.1) is 6.10 Å². The highest BCUT2D eigenvalue weighted by molar-refractivity contribution is 6.09. The number of esters is 1. The van der Waals surface area contributed by atoms with Crippen molar-refractivity contribution in [3.8, 4) is 0 Å². The minimum Gasteiger partial charge on any atom is -0.457 e. The van der Waals surface area contributed by atoms with E-state index in [1.54, 1.807) is 6.92 Å². The molecule has 206 valence electrons. The summed E-state index contributed by atoms with van der Waals surface area (Å²) in [6.45, 7) is 11.4. The van der Waals surface area contributed by atoms with Crippen molar-refractivity contribution in [1.82, 2.24) is 5.32 Å². The smallest absolute Gasteiger partial charge is 0.303 e. The molecule has 38 heavy (non-hydrogen) atoms. The zero-order valence-electron chi connectivity index (χ0n) is 23.1. The van der Waals surface area contributed by atoms with Crippen molar-refractivity contribution in [2.24, 2.45) is 29.1 Å². The molecule has 0 bridgehead atoms. The number of Topliss-reactive ketones (excluding diaryl/α,β-unsaturated/α-hetero) is 1. The number of nitrogens with one attached hydrogen (secondary N) is 1. The Labute approximate surface area is 225 Å². The highest BCUT2D eigenvalue weighted by Gasteiger charge is 2.68. The molecule has 3 aliphatic rings. The number of ether oxygens (including phenoxy) is 2. The SMILES string of the molecule is C=C1[C@@H](C)[C@H]2[C@H](Cc3ccccc3)NC(=O)[C@]23C(=O)C[C@@H](OC)[C@@](C)(OC(C)=O)C[C@@H](C)C/C=C/[C@H]3[C@@H]1O. The second kappa shape index (κ2) is 10.8. The van der Waals surface area contributed by atoms with Crippen LogP contribution < -0.4 is 5.32 Å². The number of aliphatic hydroxyl groups excluding tert-OH is 1. The van der Waals surface area contributed by atoms with Gasteiger partial charge in [0.2, 0.25) is 5.91 Å².